The molecular weight excluding hydrogens is 210 g/mol. The number of rotatable bonds is 1. The Morgan fingerprint density at radius 1 is 1.00 bits per heavy atom. The minimum Gasteiger partial charge on any atom is -0.399 e. The molecule has 0 atom stereocenters. The summed E-state index contributed by atoms with van der Waals surface area (Å²) in [5, 5.41) is 1.05. The molecule has 2 rings (SSSR count). The molecule has 0 aliphatic rings. The molecule has 0 unspecified atom stereocenters. The molecule has 94 valence electrons. The molecular formula is C14H23N3. The second-order valence-corrected chi connectivity index (χ2v) is 2.96. The van der Waals surface area contributed by atoms with Crippen LogP contribution in [-0.4, -0.2) is 4.98 Å². The van der Waals surface area contributed by atoms with E-state index in [-0.39, 0.29) is 0 Å². The third-order valence-corrected chi connectivity index (χ3v) is 1.98. The van der Waals surface area contributed by atoms with E-state index in [0.717, 1.165) is 22.3 Å². The van der Waals surface area contributed by atoms with Gasteiger partial charge in [-0.25, -0.2) is 0 Å². The van der Waals surface area contributed by atoms with Gasteiger partial charge in [-0.1, -0.05) is 33.8 Å². The van der Waals surface area contributed by atoms with Crippen LogP contribution in [0.5, 0.6) is 0 Å². The predicted molar refractivity (Wildman–Crippen MR) is 76.7 cm³/mol. The van der Waals surface area contributed by atoms with Gasteiger partial charge in [-0.3, -0.25) is 4.98 Å². The molecule has 0 saturated carbocycles. The van der Waals surface area contributed by atoms with Crippen molar-refractivity contribution in [2.24, 2.45) is 5.73 Å². The zero-order chi connectivity index (χ0) is 13.3. The van der Waals surface area contributed by atoms with Gasteiger partial charge in [-0.15, -0.1) is 0 Å². The number of fused-ring (bicyclic) bond motifs is 1. The van der Waals surface area contributed by atoms with Crippen LogP contribution in [0, 0.1) is 0 Å². The highest BCUT2D eigenvalue weighted by Gasteiger charge is 1.96. The largest absolute Gasteiger partial charge is 0.399 e. The minimum atomic E-state index is 0.473. The Morgan fingerprint density at radius 2 is 1.65 bits per heavy atom. The number of hydrogen-bond acceptors (Lipinski definition) is 3. The Labute approximate surface area is 104 Å². The molecule has 1 heterocycles. The standard InChI is InChI=1S/C10H11N3.2C2H6/c11-6-9-3-1-7-5-8(12)2-4-10(7)13-9;2*1-2/h1-5H,6,11-12H2;2*1-2H3. The van der Waals surface area contributed by atoms with Gasteiger partial charge in [0.15, 0.2) is 0 Å². The molecule has 0 fully saturated rings. The second-order valence-electron chi connectivity index (χ2n) is 2.96. The van der Waals surface area contributed by atoms with E-state index in [2.05, 4.69) is 4.98 Å². The molecule has 1 aromatic heterocycles. The molecule has 0 amide bonds. The van der Waals surface area contributed by atoms with Gasteiger partial charge in [-0.05, 0) is 24.3 Å². The van der Waals surface area contributed by atoms with E-state index >= 15 is 0 Å². The van der Waals surface area contributed by atoms with Crippen molar-refractivity contribution in [3.05, 3.63) is 36.0 Å². The summed E-state index contributed by atoms with van der Waals surface area (Å²) < 4.78 is 0. The zero-order valence-electron chi connectivity index (χ0n) is 11.2. The van der Waals surface area contributed by atoms with Gasteiger partial charge in [0.05, 0.1) is 11.2 Å². The molecule has 1 aromatic carbocycles. The van der Waals surface area contributed by atoms with E-state index in [1.165, 1.54) is 0 Å². The number of benzene rings is 1. The van der Waals surface area contributed by atoms with Crippen molar-refractivity contribution in [2.75, 3.05) is 5.73 Å². The summed E-state index contributed by atoms with van der Waals surface area (Å²) >= 11 is 0. The van der Waals surface area contributed by atoms with Gasteiger partial charge in [0.1, 0.15) is 0 Å². The molecule has 3 nitrogen and oxygen atoms in total. The summed E-state index contributed by atoms with van der Waals surface area (Å²) in [6.07, 6.45) is 0. The molecule has 0 aliphatic carbocycles. The first-order chi connectivity index (χ1) is 8.29. The average molecular weight is 233 g/mol. The number of nitrogens with two attached hydrogens (primary N) is 2. The van der Waals surface area contributed by atoms with Crippen LogP contribution in [0.3, 0.4) is 0 Å². The van der Waals surface area contributed by atoms with Crippen molar-refractivity contribution in [3.8, 4) is 0 Å². The summed E-state index contributed by atoms with van der Waals surface area (Å²) in [5.74, 6) is 0. The van der Waals surface area contributed by atoms with Gasteiger partial charge >= 0.3 is 0 Å². The Kier molecular flexibility index (Phi) is 7.72. The average Bonchev–Trinajstić information content (AvgIpc) is 2.42. The number of anilines is 1. The lowest BCUT2D eigenvalue weighted by molar-refractivity contribution is 1.01. The highest BCUT2D eigenvalue weighted by molar-refractivity contribution is 5.81. The summed E-state index contributed by atoms with van der Waals surface area (Å²) in [6.45, 7) is 8.47. The van der Waals surface area contributed by atoms with Crippen molar-refractivity contribution in [3.63, 3.8) is 0 Å². The van der Waals surface area contributed by atoms with Crippen LogP contribution >= 0.6 is 0 Å². The lowest BCUT2D eigenvalue weighted by atomic mass is 10.2. The monoisotopic (exact) mass is 233 g/mol. The summed E-state index contributed by atoms with van der Waals surface area (Å²) in [5.41, 5.74) is 13.7. The van der Waals surface area contributed by atoms with Crippen molar-refractivity contribution in [1.82, 2.24) is 4.98 Å². The van der Waals surface area contributed by atoms with Crippen molar-refractivity contribution in [1.29, 1.82) is 0 Å². The third kappa shape index (κ3) is 4.41. The van der Waals surface area contributed by atoms with Crippen LogP contribution in [0.2, 0.25) is 0 Å². The fourth-order valence-corrected chi connectivity index (χ4v) is 1.30. The highest BCUT2D eigenvalue weighted by atomic mass is 14.7. The van der Waals surface area contributed by atoms with Crippen molar-refractivity contribution < 1.29 is 0 Å². The van der Waals surface area contributed by atoms with Crippen LogP contribution in [0.15, 0.2) is 30.3 Å². The van der Waals surface area contributed by atoms with E-state index in [1.807, 2.05) is 58.0 Å². The van der Waals surface area contributed by atoms with Gasteiger partial charge in [0.25, 0.3) is 0 Å². The molecule has 0 saturated heterocycles. The van der Waals surface area contributed by atoms with Crippen molar-refractivity contribution >= 4 is 16.6 Å². The topological polar surface area (TPSA) is 64.9 Å². The van der Waals surface area contributed by atoms with Crippen molar-refractivity contribution in [2.45, 2.75) is 34.2 Å². The summed E-state index contributed by atoms with van der Waals surface area (Å²) in [6, 6.07) is 9.56. The van der Waals surface area contributed by atoms with Gasteiger partial charge in [0, 0.05) is 17.6 Å². The van der Waals surface area contributed by atoms with E-state index < -0.39 is 0 Å². The van der Waals surface area contributed by atoms with E-state index in [9.17, 15) is 0 Å². The molecule has 0 bridgehead atoms. The van der Waals surface area contributed by atoms with E-state index in [1.54, 1.807) is 0 Å². The molecule has 17 heavy (non-hydrogen) atoms. The quantitative estimate of drug-likeness (QED) is 0.742. The molecule has 0 aliphatic heterocycles. The van der Waals surface area contributed by atoms with Crippen LogP contribution in [0.25, 0.3) is 10.9 Å². The molecule has 0 radical (unpaired) electrons. The molecule has 4 N–H and O–H groups in total. The number of nitrogens with zero attached hydrogens (tertiary/aromatic N) is 1. The lowest BCUT2D eigenvalue weighted by Gasteiger charge is -2.00. The zero-order valence-corrected chi connectivity index (χ0v) is 11.2. The van der Waals surface area contributed by atoms with Crippen LogP contribution in [0.1, 0.15) is 33.4 Å². The smallest absolute Gasteiger partial charge is 0.0707 e. The highest BCUT2D eigenvalue weighted by Crippen LogP contribution is 2.15. The first-order valence-corrected chi connectivity index (χ1v) is 6.15. The number of pyridine rings is 1. The van der Waals surface area contributed by atoms with E-state index in [0.29, 0.717) is 6.54 Å². The third-order valence-electron chi connectivity index (χ3n) is 1.98. The second kappa shape index (κ2) is 8.53. The Hall–Kier alpha value is -1.61. The molecule has 3 heteroatoms. The maximum absolute atomic E-state index is 5.64. The summed E-state index contributed by atoms with van der Waals surface area (Å²) in [4.78, 5) is 4.35. The van der Waals surface area contributed by atoms with Crippen LogP contribution < -0.4 is 11.5 Å². The lowest BCUT2D eigenvalue weighted by Crippen LogP contribution is -1.99. The maximum atomic E-state index is 5.64. The first kappa shape index (κ1) is 15.4. The maximum Gasteiger partial charge on any atom is 0.0707 e. The van der Waals surface area contributed by atoms with Crippen LogP contribution in [-0.2, 0) is 6.54 Å². The number of hydrogen-bond donors (Lipinski definition) is 2. The summed E-state index contributed by atoms with van der Waals surface area (Å²) in [7, 11) is 0. The van der Waals surface area contributed by atoms with Gasteiger partial charge in [0.2, 0.25) is 0 Å². The Balaban J connectivity index is 0.000000581. The SMILES string of the molecule is CC.CC.NCc1ccc2cc(N)ccc2n1. The fraction of sp³-hybridized carbons (Fsp3) is 0.357. The van der Waals surface area contributed by atoms with Crippen LogP contribution in [0.4, 0.5) is 5.69 Å². The predicted octanol–water partition coefficient (Wildman–Crippen LogP) is 3.33. The van der Waals surface area contributed by atoms with E-state index in [4.69, 9.17) is 11.5 Å². The Morgan fingerprint density at radius 3 is 2.24 bits per heavy atom. The first-order valence-electron chi connectivity index (χ1n) is 6.15. The number of nitrogen functional groups attached to an aromatic ring is 1. The van der Waals surface area contributed by atoms with Gasteiger partial charge in [-0.2, -0.15) is 0 Å². The molecule has 2 aromatic rings. The fourth-order valence-electron chi connectivity index (χ4n) is 1.30. The Bertz CT molecular complexity index is 438. The molecule has 0 spiro atoms. The van der Waals surface area contributed by atoms with Gasteiger partial charge < -0.3 is 11.5 Å². The number of aromatic nitrogens is 1. The minimum absolute atomic E-state index is 0.473. The normalized spacial score (nSPS) is 8.76.